The molecule has 0 saturated carbocycles. The van der Waals surface area contributed by atoms with Gasteiger partial charge in [0.05, 0.1) is 5.56 Å². The summed E-state index contributed by atoms with van der Waals surface area (Å²) in [5.41, 5.74) is 9.81. The van der Waals surface area contributed by atoms with Crippen LogP contribution >= 0.6 is 15.9 Å². The number of carbonyl (C=O) groups is 1. The second-order valence-electron chi connectivity index (χ2n) is 4.46. The summed E-state index contributed by atoms with van der Waals surface area (Å²) in [7, 11) is 0. The highest BCUT2D eigenvalue weighted by Crippen LogP contribution is 2.25. The highest BCUT2D eigenvalue weighted by atomic mass is 79.9. The number of amides is 1. The van der Waals surface area contributed by atoms with Crippen LogP contribution in [0.25, 0.3) is 0 Å². The van der Waals surface area contributed by atoms with Gasteiger partial charge in [-0.2, -0.15) is 0 Å². The summed E-state index contributed by atoms with van der Waals surface area (Å²) in [5.74, 6) is -0.136. The lowest BCUT2D eigenvalue weighted by atomic mass is 10.1. The molecule has 0 spiro atoms. The fourth-order valence-corrected chi connectivity index (χ4v) is 2.49. The number of carbonyl (C=O) groups excluding carboxylic acids is 1. The topological polar surface area (TPSA) is 55.1 Å². The van der Waals surface area contributed by atoms with E-state index in [0.29, 0.717) is 11.3 Å². The molecule has 2 aromatic rings. The van der Waals surface area contributed by atoms with Gasteiger partial charge in [0.25, 0.3) is 5.91 Å². The minimum Gasteiger partial charge on any atom is -0.399 e. The van der Waals surface area contributed by atoms with Crippen LogP contribution in [0.2, 0.25) is 0 Å². The van der Waals surface area contributed by atoms with Crippen molar-refractivity contribution in [2.75, 3.05) is 11.1 Å². The molecule has 0 aromatic heterocycles. The largest absolute Gasteiger partial charge is 0.399 e. The van der Waals surface area contributed by atoms with Gasteiger partial charge in [-0.3, -0.25) is 4.79 Å². The van der Waals surface area contributed by atoms with E-state index in [1.807, 2.05) is 44.2 Å². The smallest absolute Gasteiger partial charge is 0.256 e. The predicted octanol–water partition coefficient (Wildman–Crippen LogP) is 3.90. The molecular formula is C15H15BrN2O. The summed E-state index contributed by atoms with van der Waals surface area (Å²) >= 11 is 3.38. The van der Waals surface area contributed by atoms with Crippen LogP contribution in [0.5, 0.6) is 0 Å². The quantitative estimate of drug-likeness (QED) is 0.825. The van der Waals surface area contributed by atoms with Crippen LogP contribution in [0, 0.1) is 13.8 Å². The lowest BCUT2D eigenvalue weighted by Gasteiger charge is -2.13. The van der Waals surface area contributed by atoms with Gasteiger partial charge in [-0.05, 0) is 65.2 Å². The van der Waals surface area contributed by atoms with Crippen LogP contribution < -0.4 is 11.1 Å². The van der Waals surface area contributed by atoms with Crippen molar-refractivity contribution in [1.29, 1.82) is 0 Å². The molecule has 19 heavy (non-hydrogen) atoms. The Morgan fingerprint density at radius 1 is 1.16 bits per heavy atom. The van der Waals surface area contributed by atoms with Gasteiger partial charge in [0.2, 0.25) is 0 Å². The van der Waals surface area contributed by atoms with E-state index in [0.717, 1.165) is 21.3 Å². The maximum atomic E-state index is 12.3. The van der Waals surface area contributed by atoms with Gasteiger partial charge in [-0.25, -0.2) is 0 Å². The summed E-state index contributed by atoms with van der Waals surface area (Å²) in [4.78, 5) is 12.3. The van der Waals surface area contributed by atoms with E-state index in [1.54, 1.807) is 6.07 Å². The lowest BCUT2D eigenvalue weighted by Crippen LogP contribution is -2.14. The molecule has 0 aliphatic heterocycles. The molecule has 0 unspecified atom stereocenters. The highest BCUT2D eigenvalue weighted by Gasteiger charge is 2.12. The average Bonchev–Trinajstić information content (AvgIpc) is 2.34. The number of rotatable bonds is 2. The van der Waals surface area contributed by atoms with Gasteiger partial charge < -0.3 is 11.1 Å². The van der Waals surface area contributed by atoms with Crippen molar-refractivity contribution in [1.82, 2.24) is 0 Å². The van der Waals surface area contributed by atoms with E-state index in [4.69, 9.17) is 5.73 Å². The summed E-state index contributed by atoms with van der Waals surface area (Å²) in [6, 6.07) is 11.0. The number of hydrogen-bond donors (Lipinski definition) is 2. The maximum absolute atomic E-state index is 12.3. The van der Waals surface area contributed by atoms with E-state index >= 15 is 0 Å². The molecule has 0 radical (unpaired) electrons. The second-order valence-corrected chi connectivity index (χ2v) is 5.32. The Bertz CT molecular complexity index is 615. The van der Waals surface area contributed by atoms with Gasteiger partial charge in [0, 0.05) is 15.8 Å². The fourth-order valence-electron chi connectivity index (χ4n) is 2.02. The van der Waals surface area contributed by atoms with Crippen molar-refractivity contribution < 1.29 is 4.79 Å². The predicted molar refractivity (Wildman–Crippen MR) is 82.4 cm³/mol. The third-order valence-electron chi connectivity index (χ3n) is 2.91. The summed E-state index contributed by atoms with van der Waals surface area (Å²) in [5, 5.41) is 2.94. The zero-order valence-corrected chi connectivity index (χ0v) is 12.4. The zero-order valence-electron chi connectivity index (χ0n) is 10.8. The van der Waals surface area contributed by atoms with E-state index in [-0.39, 0.29) is 5.91 Å². The number of hydrogen-bond acceptors (Lipinski definition) is 2. The molecule has 0 aliphatic carbocycles. The molecule has 0 aliphatic rings. The molecule has 0 fully saturated rings. The number of nitrogen functional groups attached to an aromatic ring is 1. The van der Waals surface area contributed by atoms with Crippen LogP contribution in [0.3, 0.4) is 0 Å². The van der Waals surface area contributed by atoms with Crippen LogP contribution in [-0.4, -0.2) is 5.91 Å². The third-order valence-corrected chi connectivity index (χ3v) is 3.60. The van der Waals surface area contributed by atoms with Gasteiger partial charge in [-0.1, -0.05) is 12.1 Å². The molecule has 98 valence electrons. The Morgan fingerprint density at radius 3 is 2.32 bits per heavy atom. The first-order valence-electron chi connectivity index (χ1n) is 5.91. The van der Waals surface area contributed by atoms with Gasteiger partial charge in [0.15, 0.2) is 0 Å². The second kappa shape index (κ2) is 5.45. The number of aryl methyl sites for hydroxylation is 2. The van der Waals surface area contributed by atoms with E-state index in [2.05, 4.69) is 21.2 Å². The fraction of sp³-hybridized carbons (Fsp3) is 0.133. The van der Waals surface area contributed by atoms with Crippen LogP contribution in [0.15, 0.2) is 40.9 Å². The number of benzene rings is 2. The Morgan fingerprint density at radius 2 is 1.74 bits per heavy atom. The van der Waals surface area contributed by atoms with Crippen molar-refractivity contribution >= 4 is 33.2 Å². The minimum atomic E-state index is -0.136. The van der Waals surface area contributed by atoms with Crippen LogP contribution in [0.1, 0.15) is 21.5 Å². The molecule has 1 amide bonds. The molecule has 0 bridgehead atoms. The molecule has 4 heteroatoms. The molecule has 0 saturated heterocycles. The summed E-state index contributed by atoms with van der Waals surface area (Å²) in [6.07, 6.45) is 0. The number of nitrogens with two attached hydrogens (primary N) is 1. The molecule has 0 atom stereocenters. The first kappa shape index (κ1) is 13.6. The Balaban J connectivity index is 2.32. The van der Waals surface area contributed by atoms with Gasteiger partial charge >= 0.3 is 0 Å². The van der Waals surface area contributed by atoms with E-state index < -0.39 is 0 Å². The standard InChI is InChI=1S/C15H15BrN2O/c1-9-7-11(17)8-10(2)14(9)18-15(19)12-5-3-4-6-13(12)16/h3-8H,17H2,1-2H3,(H,18,19). The zero-order chi connectivity index (χ0) is 14.0. The Labute approximate surface area is 121 Å². The lowest BCUT2D eigenvalue weighted by molar-refractivity contribution is 0.102. The molecule has 2 aromatic carbocycles. The number of anilines is 2. The van der Waals surface area contributed by atoms with Crippen molar-refractivity contribution in [2.45, 2.75) is 13.8 Å². The van der Waals surface area contributed by atoms with E-state index in [1.165, 1.54) is 0 Å². The maximum Gasteiger partial charge on any atom is 0.256 e. The minimum absolute atomic E-state index is 0.136. The summed E-state index contributed by atoms with van der Waals surface area (Å²) < 4.78 is 0.776. The Kier molecular flexibility index (Phi) is 3.90. The molecule has 2 rings (SSSR count). The molecular weight excluding hydrogens is 304 g/mol. The Hall–Kier alpha value is -1.81. The van der Waals surface area contributed by atoms with Crippen LogP contribution in [-0.2, 0) is 0 Å². The first-order valence-corrected chi connectivity index (χ1v) is 6.71. The third kappa shape index (κ3) is 2.96. The SMILES string of the molecule is Cc1cc(N)cc(C)c1NC(=O)c1ccccc1Br. The number of halogens is 1. The van der Waals surface area contributed by atoms with Crippen molar-refractivity contribution in [3.05, 3.63) is 57.6 Å². The first-order chi connectivity index (χ1) is 8.99. The highest BCUT2D eigenvalue weighted by molar-refractivity contribution is 9.10. The van der Waals surface area contributed by atoms with E-state index in [9.17, 15) is 4.79 Å². The number of nitrogens with one attached hydrogen (secondary N) is 1. The van der Waals surface area contributed by atoms with Crippen molar-refractivity contribution in [3.63, 3.8) is 0 Å². The molecule has 3 N–H and O–H groups in total. The van der Waals surface area contributed by atoms with Gasteiger partial charge in [-0.15, -0.1) is 0 Å². The summed E-state index contributed by atoms with van der Waals surface area (Å²) in [6.45, 7) is 3.86. The monoisotopic (exact) mass is 318 g/mol. The van der Waals surface area contributed by atoms with Crippen molar-refractivity contribution in [3.8, 4) is 0 Å². The molecule has 0 heterocycles. The normalized spacial score (nSPS) is 10.3. The van der Waals surface area contributed by atoms with Crippen LogP contribution in [0.4, 0.5) is 11.4 Å². The van der Waals surface area contributed by atoms with Crippen molar-refractivity contribution in [2.24, 2.45) is 0 Å². The van der Waals surface area contributed by atoms with Gasteiger partial charge in [0.1, 0.15) is 0 Å². The average molecular weight is 319 g/mol. The molecule has 3 nitrogen and oxygen atoms in total.